The molecule has 4 amide bonds. The van der Waals surface area contributed by atoms with E-state index < -0.39 is 75.2 Å². The van der Waals surface area contributed by atoms with Crippen LogP contribution in [0.25, 0.3) is 0 Å². The average molecular weight is 752 g/mol. The smallest absolute Gasteiger partial charge is 0.344 e. The predicted molar refractivity (Wildman–Crippen MR) is 194 cm³/mol. The second kappa shape index (κ2) is 17.5. The Labute approximate surface area is 305 Å². The molecule has 3 unspecified atom stereocenters. The van der Waals surface area contributed by atoms with Gasteiger partial charge in [0.05, 0.1) is 17.8 Å². The van der Waals surface area contributed by atoms with Gasteiger partial charge in [-0.05, 0) is 42.0 Å². The van der Waals surface area contributed by atoms with Gasteiger partial charge in [0.25, 0.3) is 5.91 Å². The van der Waals surface area contributed by atoms with Gasteiger partial charge in [-0.2, -0.15) is 13.2 Å². The van der Waals surface area contributed by atoms with E-state index in [-0.39, 0.29) is 23.0 Å². The lowest BCUT2D eigenvalue weighted by Gasteiger charge is -2.40. The number of halogens is 3. The lowest BCUT2D eigenvalue weighted by Crippen LogP contribution is -2.61. The zero-order valence-corrected chi connectivity index (χ0v) is 32.3. The lowest BCUT2D eigenvalue weighted by molar-refractivity contribution is -0.173. The number of carbonyl (C=O) groups excluding carboxylic acids is 4. The third kappa shape index (κ3) is 12.2. The Bertz CT molecular complexity index is 1700. The summed E-state index contributed by atoms with van der Waals surface area (Å²) in [4.78, 5) is 53.5. The molecule has 0 radical (unpaired) electrons. The normalized spacial score (nSPS) is 14.6. The molecule has 288 valence electrons. The molecule has 0 saturated carbocycles. The number of nitrogens with zero attached hydrogens (tertiary/aromatic N) is 1. The molecule has 3 atom stereocenters. The van der Waals surface area contributed by atoms with E-state index in [1.807, 2.05) is 83.5 Å². The van der Waals surface area contributed by atoms with Crippen molar-refractivity contribution in [2.45, 2.75) is 97.4 Å². The van der Waals surface area contributed by atoms with Crippen LogP contribution in [0.15, 0.2) is 66.2 Å². The molecule has 0 aliphatic rings. The highest BCUT2D eigenvalue weighted by atomic mass is 32.2. The summed E-state index contributed by atoms with van der Waals surface area (Å²) in [6, 6.07) is 12.7. The molecule has 2 aromatic rings. The van der Waals surface area contributed by atoms with Gasteiger partial charge in [-0.1, -0.05) is 109 Å². The summed E-state index contributed by atoms with van der Waals surface area (Å²) >= 11 is 0. The number of hydrogen-bond acceptors (Lipinski definition) is 7. The lowest BCUT2D eigenvalue weighted by atomic mass is 9.76. The highest BCUT2D eigenvalue weighted by Gasteiger charge is 2.42. The van der Waals surface area contributed by atoms with Gasteiger partial charge in [0, 0.05) is 24.6 Å². The first-order valence-electron chi connectivity index (χ1n) is 16.8. The van der Waals surface area contributed by atoms with Crippen LogP contribution in [-0.4, -0.2) is 75.3 Å². The van der Waals surface area contributed by atoms with Gasteiger partial charge >= 0.3 is 12.1 Å². The molecule has 0 aromatic heterocycles. The van der Waals surface area contributed by atoms with Crippen LogP contribution in [0.1, 0.15) is 72.1 Å². The molecule has 0 fully saturated rings. The van der Waals surface area contributed by atoms with E-state index in [1.165, 1.54) is 42.2 Å². The molecule has 0 spiro atoms. The Hall–Kier alpha value is -4.24. The van der Waals surface area contributed by atoms with Gasteiger partial charge in [0.15, 0.2) is 0 Å². The van der Waals surface area contributed by atoms with Crippen molar-refractivity contribution in [3.63, 3.8) is 0 Å². The average Bonchev–Trinajstić information content (AvgIpc) is 3.03. The molecule has 11 nitrogen and oxygen atoms in total. The molecule has 52 heavy (non-hydrogen) atoms. The number of benzene rings is 2. The van der Waals surface area contributed by atoms with Gasteiger partial charge < -0.3 is 20.9 Å². The second-order valence-corrected chi connectivity index (χ2v) is 16.6. The minimum atomic E-state index is -5.03. The molecule has 2 rings (SSSR count). The van der Waals surface area contributed by atoms with Crippen molar-refractivity contribution in [1.29, 1.82) is 0 Å². The zero-order valence-electron chi connectivity index (χ0n) is 31.4. The van der Waals surface area contributed by atoms with Crippen molar-refractivity contribution in [1.82, 2.24) is 25.6 Å². The van der Waals surface area contributed by atoms with Crippen molar-refractivity contribution in [3.05, 3.63) is 82.9 Å². The van der Waals surface area contributed by atoms with Crippen molar-refractivity contribution >= 4 is 33.7 Å². The fraction of sp³-hybridized carbons (Fsp3) is 0.514. The van der Waals surface area contributed by atoms with Crippen LogP contribution in [0.3, 0.4) is 0 Å². The molecule has 0 heterocycles. The van der Waals surface area contributed by atoms with Crippen LogP contribution in [-0.2, 0) is 46.9 Å². The quantitative estimate of drug-likeness (QED) is 0.198. The van der Waals surface area contributed by atoms with Gasteiger partial charge in [-0.25, -0.2) is 13.1 Å². The van der Waals surface area contributed by atoms with Crippen LogP contribution in [0.5, 0.6) is 0 Å². The van der Waals surface area contributed by atoms with Crippen molar-refractivity contribution in [2.75, 3.05) is 14.1 Å². The Morgan fingerprint density at radius 1 is 0.865 bits per heavy atom. The number of sulfonamides is 1. The maximum absolute atomic E-state index is 14.1. The second-order valence-electron chi connectivity index (χ2n) is 14.8. The predicted octanol–water partition coefficient (Wildman–Crippen LogP) is 4.34. The number of rotatable bonds is 15. The van der Waals surface area contributed by atoms with Crippen LogP contribution in [0.4, 0.5) is 13.2 Å². The van der Waals surface area contributed by atoms with E-state index in [0.29, 0.717) is 5.56 Å². The highest BCUT2D eigenvalue weighted by molar-refractivity contribution is 7.89. The fourth-order valence-electron chi connectivity index (χ4n) is 5.68. The molecule has 0 saturated heterocycles. The minimum Gasteiger partial charge on any atom is -0.344 e. The summed E-state index contributed by atoms with van der Waals surface area (Å²) in [6.45, 7) is 14.1. The fourth-order valence-corrected chi connectivity index (χ4v) is 6.82. The summed E-state index contributed by atoms with van der Waals surface area (Å²) in [7, 11) is -0.957. The Balaban J connectivity index is 2.21. The topological polar surface area (TPSA) is 154 Å². The SMILES string of the molecule is CNC(C(=O)NC(C(=O)N(C)C(/C=C(\C)C(=O)NS(=O)(=O)Cc1ccc(CNC(=O)C(F)(F)F)cc1)C(C)C)C(C)(C)C)C(C)(C)c1ccccc1. The standard InChI is InChI=1S/C37H52F3N5O6S/c1-23(2)28(20-24(3)31(46)44-52(50,51)22-26-18-16-25(17-19-26)21-42-34(49)37(38,39)40)45(10)33(48)30(35(4,5)6)43-32(47)29(41-9)36(7,8)27-14-12-11-13-15-27/h11-20,23,28-30,41H,21-22H2,1-10H3,(H,42,49)(H,43,47)(H,44,46)/b24-20+. The first kappa shape index (κ1) is 43.9. The molecule has 4 N–H and O–H groups in total. The Morgan fingerprint density at radius 2 is 1.40 bits per heavy atom. The van der Waals surface area contributed by atoms with E-state index in [0.717, 1.165) is 5.56 Å². The number of alkyl halides is 3. The third-order valence-corrected chi connectivity index (χ3v) is 9.99. The summed E-state index contributed by atoms with van der Waals surface area (Å²) in [6.07, 6.45) is -3.52. The Kier molecular flexibility index (Phi) is 14.8. The van der Waals surface area contributed by atoms with Gasteiger partial charge in [0.2, 0.25) is 21.8 Å². The first-order valence-corrected chi connectivity index (χ1v) is 18.4. The summed E-state index contributed by atoms with van der Waals surface area (Å²) in [5.74, 6) is -4.58. The number of likely N-dealkylation sites (N-methyl/N-ethyl adjacent to an activating group) is 2. The molecule has 2 aromatic carbocycles. The third-order valence-electron chi connectivity index (χ3n) is 8.79. The molecular weight excluding hydrogens is 699 g/mol. The number of nitrogens with one attached hydrogen (secondary N) is 4. The Morgan fingerprint density at radius 3 is 1.88 bits per heavy atom. The van der Waals surface area contributed by atoms with Crippen molar-refractivity contribution in [3.8, 4) is 0 Å². The number of hydrogen-bond donors (Lipinski definition) is 4. The van der Waals surface area contributed by atoms with E-state index in [2.05, 4.69) is 10.6 Å². The minimum absolute atomic E-state index is 0.0360. The van der Waals surface area contributed by atoms with Crippen LogP contribution >= 0.6 is 0 Å². The van der Waals surface area contributed by atoms with Crippen LogP contribution in [0, 0.1) is 11.3 Å². The van der Waals surface area contributed by atoms with E-state index >= 15 is 0 Å². The number of amides is 4. The summed E-state index contributed by atoms with van der Waals surface area (Å²) in [5, 5.41) is 7.81. The molecule has 0 bridgehead atoms. The van der Waals surface area contributed by atoms with Crippen molar-refractivity contribution < 1.29 is 40.8 Å². The maximum atomic E-state index is 14.1. The van der Waals surface area contributed by atoms with E-state index in [9.17, 15) is 40.8 Å². The number of carbonyl (C=O) groups is 4. The largest absolute Gasteiger partial charge is 0.471 e. The highest BCUT2D eigenvalue weighted by Crippen LogP contribution is 2.29. The molecule has 0 aliphatic carbocycles. The molecular formula is C37H52F3N5O6S. The first-order chi connectivity index (χ1) is 23.8. The monoisotopic (exact) mass is 751 g/mol. The maximum Gasteiger partial charge on any atom is 0.471 e. The molecule has 0 aliphatic heterocycles. The van der Waals surface area contributed by atoms with Crippen molar-refractivity contribution in [2.24, 2.45) is 11.3 Å². The summed E-state index contributed by atoms with van der Waals surface area (Å²) in [5.41, 5.74) is 0.194. The van der Waals surface area contributed by atoms with Gasteiger partial charge in [0.1, 0.15) is 6.04 Å². The zero-order chi connectivity index (χ0) is 39.8. The van der Waals surface area contributed by atoms with E-state index in [4.69, 9.17) is 0 Å². The van der Waals surface area contributed by atoms with Crippen LogP contribution < -0.4 is 20.7 Å². The van der Waals surface area contributed by atoms with Gasteiger partial charge in [-0.3, -0.25) is 19.2 Å². The molecule has 15 heteroatoms. The van der Waals surface area contributed by atoms with E-state index in [1.54, 1.807) is 19.4 Å². The van der Waals surface area contributed by atoms with Gasteiger partial charge in [-0.15, -0.1) is 0 Å². The van der Waals surface area contributed by atoms with Crippen LogP contribution in [0.2, 0.25) is 0 Å². The summed E-state index contributed by atoms with van der Waals surface area (Å²) < 4.78 is 65.1.